The lowest BCUT2D eigenvalue weighted by molar-refractivity contribution is 0.0691. The number of benzene rings is 1. The fourth-order valence-corrected chi connectivity index (χ4v) is 3.85. The van der Waals surface area contributed by atoms with Crippen molar-refractivity contribution < 1.29 is 15.0 Å². The van der Waals surface area contributed by atoms with Crippen molar-refractivity contribution in [2.45, 2.75) is 25.8 Å². The zero-order valence-corrected chi connectivity index (χ0v) is 14.3. The molecule has 0 spiro atoms. The topological polar surface area (TPSA) is 118 Å². The van der Waals surface area contributed by atoms with Crippen LogP contribution >= 0.6 is 0 Å². The molecule has 0 bridgehead atoms. The number of aromatic amines is 2. The smallest absolute Gasteiger partial charge is 0.345 e. The minimum Gasteiger partial charge on any atom is -0.506 e. The number of nitrogens with one attached hydrogen (secondary N) is 3. The molecule has 7 nitrogen and oxygen atoms in total. The Balaban J connectivity index is 2.00. The lowest BCUT2D eigenvalue weighted by atomic mass is 9.97. The highest BCUT2D eigenvalue weighted by atomic mass is 16.4. The van der Waals surface area contributed by atoms with Crippen molar-refractivity contribution in [2.24, 2.45) is 0 Å². The Bertz CT molecular complexity index is 1090. The average Bonchev–Trinajstić information content (AvgIpc) is 2.90. The Hall–Kier alpha value is -3.06. The van der Waals surface area contributed by atoms with Crippen LogP contribution in [0.1, 0.15) is 33.6 Å². The number of rotatable bonds is 3. The van der Waals surface area contributed by atoms with Gasteiger partial charge in [-0.1, -0.05) is 6.07 Å². The standard InChI is InChI=1S/C19H19N3O4/c1-20-8-9-7-13-10-3-2-4-12-16(11(10)5-6-14(13)21-9)22-18(24)15(17(12)23)19(25)26/h5-7,20-21H,2-4,8H2,1H3,(H,25,26)(H2,22,23,24). The third-order valence-electron chi connectivity index (χ3n) is 4.96. The molecule has 7 heteroatoms. The van der Waals surface area contributed by atoms with Crippen LogP contribution in [0.25, 0.3) is 22.2 Å². The normalized spacial score (nSPS) is 13.3. The van der Waals surface area contributed by atoms with E-state index in [9.17, 15) is 19.8 Å². The minimum atomic E-state index is -1.42. The van der Waals surface area contributed by atoms with E-state index in [4.69, 9.17) is 0 Å². The zero-order valence-electron chi connectivity index (χ0n) is 14.3. The van der Waals surface area contributed by atoms with Crippen LogP contribution in [0.2, 0.25) is 0 Å². The van der Waals surface area contributed by atoms with Crippen LogP contribution in [-0.2, 0) is 19.4 Å². The molecule has 1 aromatic carbocycles. The van der Waals surface area contributed by atoms with Crippen LogP contribution < -0.4 is 10.9 Å². The number of aromatic nitrogens is 2. The van der Waals surface area contributed by atoms with E-state index in [1.54, 1.807) is 0 Å². The summed E-state index contributed by atoms with van der Waals surface area (Å²) in [5, 5.41) is 23.8. The SMILES string of the molecule is CNCc1cc2c3c(ccc2[nH]1)-c1[nH]c(=O)c(C(=O)O)c(O)c1CCC3. The Morgan fingerprint density at radius 2 is 2.00 bits per heavy atom. The molecule has 0 fully saturated rings. The molecule has 0 atom stereocenters. The summed E-state index contributed by atoms with van der Waals surface area (Å²) in [6, 6.07) is 5.96. The molecule has 2 aromatic heterocycles. The number of carboxylic acid groups (broad SMARTS) is 1. The average molecular weight is 353 g/mol. The summed E-state index contributed by atoms with van der Waals surface area (Å²) in [7, 11) is 1.88. The van der Waals surface area contributed by atoms with Gasteiger partial charge in [-0.25, -0.2) is 4.79 Å². The van der Waals surface area contributed by atoms with E-state index in [0.717, 1.165) is 47.1 Å². The Kier molecular flexibility index (Phi) is 3.81. The monoisotopic (exact) mass is 353 g/mol. The molecule has 0 saturated carbocycles. The number of aromatic carboxylic acids is 1. The molecule has 5 N–H and O–H groups in total. The van der Waals surface area contributed by atoms with E-state index >= 15 is 0 Å². The van der Waals surface area contributed by atoms with Gasteiger partial charge >= 0.3 is 5.97 Å². The number of hydrogen-bond acceptors (Lipinski definition) is 4. The first-order valence-corrected chi connectivity index (χ1v) is 8.51. The van der Waals surface area contributed by atoms with Crippen LogP contribution in [0.5, 0.6) is 5.75 Å². The summed E-state index contributed by atoms with van der Waals surface area (Å²) in [4.78, 5) is 29.6. The van der Waals surface area contributed by atoms with Gasteiger partial charge in [0.15, 0.2) is 5.56 Å². The molecule has 0 aliphatic heterocycles. The van der Waals surface area contributed by atoms with E-state index < -0.39 is 22.8 Å². The van der Waals surface area contributed by atoms with Crippen LogP contribution in [0, 0.1) is 0 Å². The van der Waals surface area contributed by atoms with Gasteiger partial charge in [0.1, 0.15) is 5.75 Å². The van der Waals surface area contributed by atoms with E-state index in [2.05, 4.69) is 21.4 Å². The van der Waals surface area contributed by atoms with Crippen molar-refractivity contribution in [3.8, 4) is 17.0 Å². The molecule has 1 aliphatic rings. The van der Waals surface area contributed by atoms with Gasteiger partial charge in [0.25, 0.3) is 5.56 Å². The predicted octanol–water partition coefficient (Wildman–Crippen LogP) is 2.14. The second kappa shape index (κ2) is 6.03. The number of aromatic hydroxyl groups is 1. The molecule has 1 aliphatic carbocycles. The first kappa shape index (κ1) is 16.4. The minimum absolute atomic E-state index is 0.422. The summed E-state index contributed by atoms with van der Waals surface area (Å²) >= 11 is 0. The molecule has 4 rings (SSSR count). The molecule has 0 radical (unpaired) electrons. The van der Waals surface area contributed by atoms with Crippen LogP contribution in [-0.4, -0.2) is 33.2 Å². The first-order chi connectivity index (χ1) is 12.5. The quantitative estimate of drug-likeness (QED) is 0.494. The maximum atomic E-state index is 12.2. The second-order valence-corrected chi connectivity index (χ2v) is 6.57. The molecule has 0 amide bonds. The molecular weight excluding hydrogens is 334 g/mol. The summed E-state index contributed by atoms with van der Waals surface area (Å²) in [5.41, 5.74) is 3.65. The maximum Gasteiger partial charge on any atom is 0.345 e. The number of H-pyrrole nitrogens is 2. The number of fused-ring (bicyclic) bond motifs is 5. The van der Waals surface area contributed by atoms with Crippen molar-refractivity contribution in [1.29, 1.82) is 0 Å². The van der Waals surface area contributed by atoms with Crippen molar-refractivity contribution >= 4 is 16.9 Å². The van der Waals surface area contributed by atoms with Crippen LogP contribution in [0.3, 0.4) is 0 Å². The molecule has 134 valence electrons. The lowest BCUT2D eigenvalue weighted by Crippen LogP contribution is -2.20. The van der Waals surface area contributed by atoms with Crippen LogP contribution in [0.4, 0.5) is 0 Å². The van der Waals surface area contributed by atoms with E-state index in [1.165, 1.54) is 0 Å². The van der Waals surface area contributed by atoms with Gasteiger partial charge < -0.3 is 25.5 Å². The first-order valence-electron chi connectivity index (χ1n) is 8.51. The van der Waals surface area contributed by atoms with E-state index in [-0.39, 0.29) is 0 Å². The maximum absolute atomic E-state index is 12.2. The van der Waals surface area contributed by atoms with Gasteiger partial charge in [0, 0.05) is 34.3 Å². The molecule has 2 heterocycles. The highest BCUT2D eigenvalue weighted by Gasteiger charge is 2.26. The molecule has 26 heavy (non-hydrogen) atoms. The fourth-order valence-electron chi connectivity index (χ4n) is 3.85. The highest BCUT2D eigenvalue weighted by Crippen LogP contribution is 2.38. The van der Waals surface area contributed by atoms with Crippen molar-refractivity contribution in [3.63, 3.8) is 0 Å². The molecular formula is C19H19N3O4. The Labute approximate surface area is 148 Å². The van der Waals surface area contributed by atoms with Gasteiger partial charge in [-0.15, -0.1) is 0 Å². The fraction of sp³-hybridized carbons (Fsp3) is 0.263. The third-order valence-corrected chi connectivity index (χ3v) is 4.96. The zero-order chi connectivity index (χ0) is 18.4. The van der Waals surface area contributed by atoms with Crippen molar-refractivity contribution in [3.05, 3.63) is 50.9 Å². The number of carboxylic acids is 1. The summed E-state index contributed by atoms with van der Waals surface area (Å²) < 4.78 is 0. The van der Waals surface area contributed by atoms with E-state index in [1.807, 2.05) is 19.2 Å². The number of aryl methyl sites for hydroxylation is 1. The number of hydrogen-bond donors (Lipinski definition) is 5. The molecule has 3 aromatic rings. The number of carbonyl (C=O) groups is 1. The van der Waals surface area contributed by atoms with Crippen LogP contribution in [0.15, 0.2) is 23.0 Å². The molecule has 0 unspecified atom stereocenters. The Morgan fingerprint density at radius 1 is 1.23 bits per heavy atom. The van der Waals surface area contributed by atoms with Gasteiger partial charge in [0.05, 0.1) is 5.69 Å². The van der Waals surface area contributed by atoms with Gasteiger partial charge in [-0.3, -0.25) is 4.79 Å². The summed E-state index contributed by atoms with van der Waals surface area (Å²) in [6.45, 7) is 0.722. The molecule has 0 saturated heterocycles. The van der Waals surface area contributed by atoms with Gasteiger partial charge in [-0.2, -0.15) is 0 Å². The van der Waals surface area contributed by atoms with Crippen molar-refractivity contribution in [1.82, 2.24) is 15.3 Å². The van der Waals surface area contributed by atoms with E-state index in [0.29, 0.717) is 17.7 Å². The van der Waals surface area contributed by atoms with Crippen molar-refractivity contribution in [2.75, 3.05) is 7.05 Å². The second-order valence-electron chi connectivity index (χ2n) is 6.57. The lowest BCUT2D eigenvalue weighted by Gasteiger charge is -2.12. The van der Waals surface area contributed by atoms with Gasteiger partial charge in [-0.05, 0) is 44.0 Å². The third kappa shape index (κ3) is 2.40. The highest BCUT2D eigenvalue weighted by molar-refractivity contribution is 5.94. The summed E-state index contributed by atoms with van der Waals surface area (Å²) in [6.07, 6.45) is 2.04. The predicted molar refractivity (Wildman–Crippen MR) is 97.8 cm³/mol. The van der Waals surface area contributed by atoms with Gasteiger partial charge in [0.2, 0.25) is 0 Å². The largest absolute Gasteiger partial charge is 0.506 e. The summed E-state index contributed by atoms with van der Waals surface area (Å²) in [5.74, 6) is -1.84. The Morgan fingerprint density at radius 3 is 2.73 bits per heavy atom. The number of pyridine rings is 1.